The lowest BCUT2D eigenvalue weighted by Crippen LogP contribution is -2.10. The lowest BCUT2D eigenvalue weighted by atomic mass is 9.82. The summed E-state index contributed by atoms with van der Waals surface area (Å²) in [4.78, 5) is 20.9. The standard InChI is InChI=1S/C26H50O2.C12H22O2/c1-4-5-20-23-26(2,3)24-21-18-16-14-12-10-8-6-7-9-11-13-15-17-19-22-25(27)28;1-3-4-5-6-7-8-9-10-11(2)12(13)14/h6-7H,4-5,8-24H2,1-3H3,(H,27,28);10H,3-9H2,1-2H3,(H,13,14)/b7-6-;. The molecule has 0 aromatic carbocycles. The minimum absolute atomic E-state index is 0.330. The van der Waals surface area contributed by atoms with Crippen molar-refractivity contribution in [2.24, 2.45) is 5.41 Å². The van der Waals surface area contributed by atoms with Gasteiger partial charge < -0.3 is 10.2 Å². The van der Waals surface area contributed by atoms with Crippen LogP contribution in [-0.4, -0.2) is 22.2 Å². The Labute approximate surface area is 262 Å². The molecule has 0 radical (unpaired) electrons. The van der Waals surface area contributed by atoms with E-state index in [-0.39, 0.29) is 0 Å². The molecule has 0 heterocycles. The van der Waals surface area contributed by atoms with Crippen LogP contribution < -0.4 is 0 Å². The first kappa shape index (κ1) is 42.6. The summed E-state index contributed by atoms with van der Waals surface area (Å²) in [5, 5.41) is 17.2. The summed E-state index contributed by atoms with van der Waals surface area (Å²) in [6, 6.07) is 0. The van der Waals surface area contributed by atoms with Crippen molar-refractivity contribution in [2.75, 3.05) is 0 Å². The highest BCUT2D eigenvalue weighted by molar-refractivity contribution is 5.85. The molecule has 2 N–H and O–H groups in total. The second kappa shape index (κ2) is 32.3. The summed E-state index contributed by atoms with van der Waals surface area (Å²) in [7, 11) is 0. The van der Waals surface area contributed by atoms with Crippen molar-refractivity contribution >= 4 is 11.9 Å². The molecule has 0 unspecified atom stereocenters. The molecule has 0 aliphatic carbocycles. The van der Waals surface area contributed by atoms with Gasteiger partial charge in [-0.1, -0.05) is 149 Å². The van der Waals surface area contributed by atoms with Crippen LogP contribution in [0.5, 0.6) is 0 Å². The molecule has 0 fully saturated rings. The number of hydrogen-bond acceptors (Lipinski definition) is 2. The van der Waals surface area contributed by atoms with Crippen molar-refractivity contribution in [2.45, 2.75) is 202 Å². The number of hydrogen-bond donors (Lipinski definition) is 2. The molecule has 4 nitrogen and oxygen atoms in total. The van der Waals surface area contributed by atoms with Gasteiger partial charge in [0.25, 0.3) is 0 Å². The minimum Gasteiger partial charge on any atom is -0.481 e. The number of rotatable bonds is 29. The summed E-state index contributed by atoms with van der Waals surface area (Å²) in [5.74, 6) is -1.46. The third kappa shape index (κ3) is 36.4. The Kier molecular flexibility index (Phi) is 32.8. The Hall–Kier alpha value is -1.58. The highest BCUT2D eigenvalue weighted by Gasteiger charge is 2.16. The molecule has 0 spiro atoms. The van der Waals surface area contributed by atoms with Crippen molar-refractivity contribution in [1.29, 1.82) is 0 Å². The summed E-state index contributed by atoms with van der Waals surface area (Å²) >= 11 is 0. The van der Waals surface area contributed by atoms with Crippen LogP contribution in [0.1, 0.15) is 202 Å². The van der Waals surface area contributed by atoms with Gasteiger partial charge in [-0.3, -0.25) is 4.79 Å². The van der Waals surface area contributed by atoms with Crippen LogP contribution in [-0.2, 0) is 9.59 Å². The lowest BCUT2D eigenvalue weighted by molar-refractivity contribution is -0.137. The molecule has 0 aromatic rings. The fourth-order valence-corrected chi connectivity index (χ4v) is 5.19. The summed E-state index contributed by atoms with van der Waals surface area (Å²) in [6.45, 7) is 11.1. The van der Waals surface area contributed by atoms with Crippen LogP contribution in [0.15, 0.2) is 23.8 Å². The molecule has 0 atom stereocenters. The second-order valence-electron chi connectivity index (χ2n) is 13.2. The SMILES string of the molecule is CCCCCC(C)(C)CCCCCCCC/C=C\CCCCCCCC(=O)O.CCCCCCCCC=C(C)C(=O)O. The Morgan fingerprint density at radius 3 is 1.40 bits per heavy atom. The van der Waals surface area contributed by atoms with Gasteiger partial charge in [-0.2, -0.15) is 0 Å². The van der Waals surface area contributed by atoms with Gasteiger partial charge >= 0.3 is 11.9 Å². The van der Waals surface area contributed by atoms with Gasteiger partial charge in [-0.05, 0) is 70.1 Å². The number of unbranched alkanes of at least 4 members (excludes halogenated alkanes) is 19. The number of aliphatic carboxylic acids is 2. The maximum Gasteiger partial charge on any atom is 0.330 e. The van der Waals surface area contributed by atoms with Crippen molar-refractivity contribution in [3.8, 4) is 0 Å². The van der Waals surface area contributed by atoms with Crippen LogP contribution in [0, 0.1) is 5.41 Å². The topological polar surface area (TPSA) is 74.6 Å². The molecule has 0 rings (SSSR count). The van der Waals surface area contributed by atoms with Crippen LogP contribution in [0.4, 0.5) is 0 Å². The molecule has 248 valence electrons. The lowest BCUT2D eigenvalue weighted by Gasteiger charge is -2.24. The molecule has 0 aliphatic heterocycles. The fourth-order valence-electron chi connectivity index (χ4n) is 5.19. The molecule has 4 heteroatoms. The van der Waals surface area contributed by atoms with E-state index in [0.29, 0.717) is 17.4 Å². The largest absolute Gasteiger partial charge is 0.481 e. The number of allylic oxidation sites excluding steroid dienone is 3. The molecular weight excluding hydrogens is 520 g/mol. The van der Waals surface area contributed by atoms with E-state index in [9.17, 15) is 9.59 Å². The monoisotopic (exact) mass is 593 g/mol. The highest BCUT2D eigenvalue weighted by Crippen LogP contribution is 2.30. The average molecular weight is 593 g/mol. The van der Waals surface area contributed by atoms with E-state index in [1.54, 1.807) is 6.92 Å². The third-order valence-corrected chi connectivity index (χ3v) is 8.21. The Morgan fingerprint density at radius 2 is 0.929 bits per heavy atom. The van der Waals surface area contributed by atoms with Gasteiger partial charge in [-0.15, -0.1) is 0 Å². The van der Waals surface area contributed by atoms with Crippen molar-refractivity contribution in [3.05, 3.63) is 23.8 Å². The van der Waals surface area contributed by atoms with E-state index >= 15 is 0 Å². The second-order valence-corrected chi connectivity index (χ2v) is 13.2. The van der Waals surface area contributed by atoms with Crippen molar-refractivity contribution in [1.82, 2.24) is 0 Å². The first-order chi connectivity index (χ1) is 20.2. The Bertz CT molecular complexity index is 662. The number of carboxylic acids is 2. The van der Waals surface area contributed by atoms with Crippen LogP contribution >= 0.6 is 0 Å². The van der Waals surface area contributed by atoms with E-state index < -0.39 is 11.9 Å². The molecule has 0 aromatic heterocycles. The number of carboxylic acid groups (broad SMARTS) is 2. The first-order valence-corrected chi connectivity index (χ1v) is 17.9. The summed E-state index contributed by atoms with van der Waals surface area (Å²) in [5.41, 5.74) is 1.02. The van der Waals surface area contributed by atoms with E-state index in [2.05, 4.69) is 39.8 Å². The molecule has 0 aliphatic rings. The van der Waals surface area contributed by atoms with E-state index in [1.807, 2.05) is 6.08 Å². The quantitative estimate of drug-likeness (QED) is 0.0514. The predicted molar refractivity (Wildman–Crippen MR) is 183 cm³/mol. The van der Waals surface area contributed by atoms with Crippen LogP contribution in [0.3, 0.4) is 0 Å². The van der Waals surface area contributed by atoms with Crippen LogP contribution in [0.25, 0.3) is 0 Å². The van der Waals surface area contributed by atoms with Gasteiger partial charge in [0.15, 0.2) is 0 Å². The summed E-state index contributed by atoms with van der Waals surface area (Å²) < 4.78 is 0. The van der Waals surface area contributed by atoms with Crippen LogP contribution in [0.2, 0.25) is 0 Å². The minimum atomic E-state index is -0.795. The predicted octanol–water partition coefficient (Wildman–Crippen LogP) is 12.9. The third-order valence-electron chi connectivity index (χ3n) is 8.21. The zero-order valence-electron chi connectivity index (χ0n) is 28.8. The fraction of sp³-hybridized carbons (Fsp3) is 0.842. The molecule has 0 amide bonds. The van der Waals surface area contributed by atoms with E-state index in [0.717, 1.165) is 25.7 Å². The summed E-state index contributed by atoms with van der Waals surface area (Å²) in [6.07, 6.45) is 38.6. The molecule has 0 saturated carbocycles. The highest BCUT2D eigenvalue weighted by atomic mass is 16.4. The average Bonchev–Trinajstić information content (AvgIpc) is 2.94. The Balaban J connectivity index is 0. The normalized spacial score (nSPS) is 12.0. The molecule has 42 heavy (non-hydrogen) atoms. The van der Waals surface area contributed by atoms with E-state index in [4.69, 9.17) is 10.2 Å². The smallest absolute Gasteiger partial charge is 0.330 e. The number of carbonyl (C=O) groups is 2. The Morgan fingerprint density at radius 1 is 0.548 bits per heavy atom. The van der Waals surface area contributed by atoms with Gasteiger partial charge in [-0.25, -0.2) is 4.79 Å². The maximum atomic E-state index is 10.4. The first-order valence-electron chi connectivity index (χ1n) is 17.9. The zero-order valence-corrected chi connectivity index (χ0v) is 28.8. The molecule has 0 bridgehead atoms. The maximum absolute atomic E-state index is 10.4. The van der Waals surface area contributed by atoms with Gasteiger partial charge in [0.1, 0.15) is 0 Å². The molecule has 0 saturated heterocycles. The van der Waals surface area contributed by atoms with Gasteiger partial charge in [0, 0.05) is 12.0 Å². The van der Waals surface area contributed by atoms with E-state index in [1.165, 1.54) is 135 Å². The van der Waals surface area contributed by atoms with Gasteiger partial charge in [0.2, 0.25) is 0 Å². The van der Waals surface area contributed by atoms with Crippen molar-refractivity contribution < 1.29 is 19.8 Å². The van der Waals surface area contributed by atoms with Gasteiger partial charge in [0.05, 0.1) is 0 Å². The zero-order chi connectivity index (χ0) is 31.7. The molecular formula is C38H72O4. The van der Waals surface area contributed by atoms with Crippen molar-refractivity contribution in [3.63, 3.8) is 0 Å².